The molecule has 0 aliphatic carbocycles. The van der Waals surface area contributed by atoms with Crippen LogP contribution in [0.3, 0.4) is 0 Å². The topological polar surface area (TPSA) is 160 Å². The van der Waals surface area contributed by atoms with Crippen molar-refractivity contribution in [3.05, 3.63) is 16.2 Å². The first-order chi connectivity index (χ1) is 9.49. The van der Waals surface area contributed by atoms with Gasteiger partial charge in [-0.05, 0) is 0 Å². The van der Waals surface area contributed by atoms with Gasteiger partial charge in [0.1, 0.15) is 30.2 Å². The van der Waals surface area contributed by atoms with Gasteiger partial charge in [-0.1, -0.05) is 0 Å². The van der Waals surface area contributed by atoms with Crippen LogP contribution in [0.4, 0.5) is 5.95 Å². The summed E-state index contributed by atoms with van der Waals surface area (Å²) in [5.41, 5.74) is 5.03. The number of aromatic amines is 1. The van der Waals surface area contributed by atoms with E-state index in [1.807, 2.05) is 0 Å². The van der Waals surface area contributed by atoms with Gasteiger partial charge < -0.3 is 25.8 Å². The molecule has 0 amide bonds. The fourth-order valence-electron chi connectivity index (χ4n) is 2.78. The number of rotatable bonds is 0. The molecule has 2 bridgehead atoms. The van der Waals surface area contributed by atoms with Crippen LogP contribution in [0.25, 0.3) is 11.2 Å². The van der Waals surface area contributed by atoms with E-state index in [4.69, 9.17) is 10.5 Å². The maximum atomic E-state index is 11.8. The molecule has 106 valence electrons. The number of fused-ring (bicyclic) bond motifs is 6. The zero-order valence-corrected chi connectivity index (χ0v) is 9.96. The van der Waals surface area contributed by atoms with Gasteiger partial charge in [-0.25, -0.2) is 4.98 Å². The van der Waals surface area contributed by atoms with Crippen LogP contribution < -0.4 is 11.3 Å². The maximum absolute atomic E-state index is 11.8. The van der Waals surface area contributed by atoms with Gasteiger partial charge in [0.2, 0.25) is 5.95 Å². The molecule has 1 fully saturated rings. The van der Waals surface area contributed by atoms with E-state index in [0.717, 1.165) is 0 Å². The molecule has 20 heavy (non-hydrogen) atoms. The molecule has 0 aromatic carbocycles. The van der Waals surface area contributed by atoms with E-state index < -0.39 is 36.2 Å². The fraction of sp³-hybridized carbons (Fsp3) is 0.500. The SMILES string of the molecule is Nc1nc2c(nc3n2[C@@H]2O[C@H](C3O)[C@@H](O)[C@H]2O)c(=O)[nH]1. The van der Waals surface area contributed by atoms with Crippen molar-refractivity contribution in [1.29, 1.82) is 0 Å². The van der Waals surface area contributed by atoms with Gasteiger partial charge >= 0.3 is 0 Å². The number of nitrogens with zero attached hydrogens (tertiary/aromatic N) is 3. The standard InChI is InChI=1S/C10H11N5O5/c11-10-13-6-1(8(19)14-10)12-7-4(18)5-2(16)3(17)9(20-5)15(6)7/h2-5,9,16-18H,(H3,11,13,14,19)/t2-,3+,4?,5-,9+/m0/s1. The number of hydrogen-bond acceptors (Lipinski definition) is 8. The fourth-order valence-corrected chi connectivity index (χ4v) is 2.78. The average molecular weight is 281 g/mol. The molecule has 10 nitrogen and oxygen atoms in total. The summed E-state index contributed by atoms with van der Waals surface area (Å²) in [7, 11) is 0. The Kier molecular flexibility index (Phi) is 2.09. The number of aliphatic hydroxyl groups is 3. The van der Waals surface area contributed by atoms with Crippen LogP contribution in [0.1, 0.15) is 18.2 Å². The van der Waals surface area contributed by atoms with Crippen LogP contribution in [0, 0.1) is 0 Å². The van der Waals surface area contributed by atoms with Crippen molar-refractivity contribution in [3.63, 3.8) is 0 Å². The number of ether oxygens (including phenoxy) is 1. The quantitative estimate of drug-likeness (QED) is 0.350. The molecule has 2 aromatic heterocycles. The highest BCUT2D eigenvalue weighted by molar-refractivity contribution is 5.72. The van der Waals surface area contributed by atoms with Gasteiger partial charge in [0.15, 0.2) is 17.4 Å². The lowest BCUT2D eigenvalue weighted by molar-refractivity contribution is -0.114. The minimum Gasteiger partial charge on any atom is -0.387 e. The second-order valence-corrected chi connectivity index (χ2v) is 4.88. The molecule has 4 rings (SSSR count). The van der Waals surface area contributed by atoms with E-state index in [2.05, 4.69) is 15.0 Å². The number of nitrogens with two attached hydrogens (primary N) is 1. The molecule has 1 unspecified atom stereocenters. The Balaban J connectivity index is 2.07. The zero-order valence-electron chi connectivity index (χ0n) is 9.96. The van der Waals surface area contributed by atoms with E-state index in [9.17, 15) is 20.1 Å². The Morgan fingerprint density at radius 2 is 2.00 bits per heavy atom. The summed E-state index contributed by atoms with van der Waals surface area (Å²) < 4.78 is 6.68. The van der Waals surface area contributed by atoms with Crippen LogP contribution in [-0.2, 0) is 4.74 Å². The third-order valence-electron chi connectivity index (χ3n) is 3.70. The first-order valence-electron chi connectivity index (χ1n) is 5.96. The van der Waals surface area contributed by atoms with Gasteiger partial charge in [0.25, 0.3) is 5.56 Å². The molecule has 5 atom stereocenters. The second kappa shape index (κ2) is 3.55. The van der Waals surface area contributed by atoms with E-state index >= 15 is 0 Å². The third kappa shape index (κ3) is 1.23. The van der Waals surface area contributed by atoms with E-state index in [1.165, 1.54) is 4.57 Å². The zero-order chi connectivity index (χ0) is 14.2. The van der Waals surface area contributed by atoms with Crippen molar-refractivity contribution in [1.82, 2.24) is 19.5 Å². The summed E-state index contributed by atoms with van der Waals surface area (Å²) >= 11 is 0. The van der Waals surface area contributed by atoms with Crippen LogP contribution in [0.2, 0.25) is 0 Å². The van der Waals surface area contributed by atoms with E-state index in [-0.39, 0.29) is 22.9 Å². The highest BCUT2D eigenvalue weighted by Gasteiger charge is 2.53. The van der Waals surface area contributed by atoms with Crippen molar-refractivity contribution in [2.24, 2.45) is 0 Å². The van der Waals surface area contributed by atoms with E-state index in [1.54, 1.807) is 0 Å². The lowest BCUT2D eigenvalue weighted by Gasteiger charge is -2.27. The summed E-state index contributed by atoms with van der Waals surface area (Å²) in [5, 5.41) is 29.9. The lowest BCUT2D eigenvalue weighted by Crippen LogP contribution is -2.34. The van der Waals surface area contributed by atoms with Gasteiger partial charge in [-0.3, -0.25) is 14.3 Å². The summed E-state index contributed by atoms with van der Waals surface area (Å²) in [6.07, 6.45) is -5.72. The van der Waals surface area contributed by atoms with Gasteiger partial charge in [-0.15, -0.1) is 0 Å². The molecular weight excluding hydrogens is 270 g/mol. The Labute approximate surface area is 110 Å². The molecule has 10 heteroatoms. The van der Waals surface area contributed by atoms with Gasteiger partial charge in [0.05, 0.1) is 0 Å². The predicted octanol–water partition coefficient (Wildman–Crippen LogP) is -2.63. The highest BCUT2D eigenvalue weighted by Crippen LogP contribution is 2.43. The molecule has 2 aromatic rings. The van der Waals surface area contributed by atoms with Crippen molar-refractivity contribution >= 4 is 17.1 Å². The lowest BCUT2D eigenvalue weighted by atomic mass is 10.1. The number of aliphatic hydroxyl groups excluding tert-OH is 3. The number of anilines is 1. The Bertz CT molecular complexity index is 769. The number of hydrogen-bond donors (Lipinski definition) is 5. The molecule has 0 spiro atoms. The van der Waals surface area contributed by atoms with Crippen LogP contribution in [0.15, 0.2) is 4.79 Å². The number of H-pyrrole nitrogens is 1. The minimum absolute atomic E-state index is 0.00825. The van der Waals surface area contributed by atoms with Crippen molar-refractivity contribution < 1.29 is 20.1 Å². The molecule has 1 saturated heterocycles. The second-order valence-electron chi connectivity index (χ2n) is 4.88. The molecule has 2 aliphatic heterocycles. The van der Waals surface area contributed by atoms with E-state index in [0.29, 0.717) is 0 Å². The minimum atomic E-state index is -1.27. The summed E-state index contributed by atoms with van der Waals surface area (Å²) in [6.45, 7) is 0. The summed E-state index contributed by atoms with van der Waals surface area (Å²) in [5.74, 6) is -0.00435. The molecule has 0 saturated carbocycles. The predicted molar refractivity (Wildman–Crippen MR) is 63.4 cm³/mol. The first-order valence-corrected chi connectivity index (χ1v) is 5.96. The smallest absolute Gasteiger partial charge is 0.280 e. The molecule has 2 aliphatic rings. The maximum Gasteiger partial charge on any atom is 0.280 e. The summed E-state index contributed by atoms with van der Waals surface area (Å²) in [6, 6.07) is 0. The van der Waals surface area contributed by atoms with Crippen LogP contribution in [0.5, 0.6) is 0 Å². The molecule has 6 N–H and O–H groups in total. The highest BCUT2D eigenvalue weighted by atomic mass is 16.6. The first kappa shape index (κ1) is 11.8. The van der Waals surface area contributed by atoms with Crippen molar-refractivity contribution in [3.8, 4) is 0 Å². The van der Waals surface area contributed by atoms with Crippen LogP contribution in [-0.4, -0.2) is 53.2 Å². The third-order valence-corrected chi connectivity index (χ3v) is 3.70. The number of aromatic nitrogens is 4. The Morgan fingerprint density at radius 3 is 2.75 bits per heavy atom. The van der Waals surface area contributed by atoms with Crippen molar-refractivity contribution in [2.75, 3.05) is 5.73 Å². The van der Waals surface area contributed by atoms with Crippen LogP contribution >= 0.6 is 0 Å². The molecule has 0 radical (unpaired) electrons. The normalized spacial score (nSPS) is 35.5. The largest absolute Gasteiger partial charge is 0.387 e. The Morgan fingerprint density at radius 1 is 1.25 bits per heavy atom. The monoisotopic (exact) mass is 281 g/mol. The van der Waals surface area contributed by atoms with Gasteiger partial charge in [-0.2, -0.15) is 4.98 Å². The molecule has 4 heterocycles. The molecular formula is C10H11N5O5. The van der Waals surface area contributed by atoms with Gasteiger partial charge in [0, 0.05) is 0 Å². The number of nitrogen functional groups attached to an aromatic ring is 1. The number of imidazole rings is 1. The summed E-state index contributed by atoms with van der Waals surface area (Å²) in [4.78, 5) is 22.1. The van der Waals surface area contributed by atoms with Crippen molar-refractivity contribution in [2.45, 2.75) is 30.6 Å². The Hall–Kier alpha value is -2.01. The number of nitrogens with one attached hydrogen (secondary N) is 1. The average Bonchev–Trinajstić information content (AvgIpc) is 2.88.